The molecule has 2 aromatic carbocycles. The number of hydrogen-bond acceptors (Lipinski definition) is 4. The number of carbonyl (C=O) groups is 2. The summed E-state index contributed by atoms with van der Waals surface area (Å²) in [5.41, 5.74) is -3.01. The van der Waals surface area contributed by atoms with E-state index in [9.17, 15) is 27.9 Å². The predicted octanol–water partition coefficient (Wildman–Crippen LogP) is 5.57. The Balaban J connectivity index is 1.83. The minimum atomic E-state index is -5.08. The van der Waals surface area contributed by atoms with Crippen LogP contribution in [0.2, 0.25) is 10.2 Å². The molecule has 35 heavy (non-hydrogen) atoms. The monoisotopic (exact) mass is 526 g/mol. The van der Waals surface area contributed by atoms with E-state index < -0.39 is 35.1 Å². The van der Waals surface area contributed by atoms with Crippen molar-refractivity contribution in [3.05, 3.63) is 98.8 Å². The number of aromatic nitrogens is 1. The minimum absolute atomic E-state index is 0.0276. The average Bonchev–Trinajstić information content (AvgIpc) is 2.81. The molecule has 3 rings (SSSR count). The number of aliphatic hydroxyl groups is 1. The van der Waals surface area contributed by atoms with Crippen LogP contribution in [0.3, 0.4) is 0 Å². The first-order chi connectivity index (χ1) is 16.3. The zero-order valence-corrected chi connectivity index (χ0v) is 19.6. The van der Waals surface area contributed by atoms with E-state index in [-0.39, 0.29) is 33.4 Å². The van der Waals surface area contributed by atoms with E-state index in [1.165, 1.54) is 37.3 Å². The summed E-state index contributed by atoms with van der Waals surface area (Å²) in [5.74, 6) is -3.17. The first-order valence-corrected chi connectivity index (χ1v) is 10.9. The number of carbonyl (C=O) groups excluding carboxylic acids is 1. The molecular weight excluding hydrogens is 508 g/mol. The second kappa shape index (κ2) is 10.2. The van der Waals surface area contributed by atoms with Crippen LogP contribution in [0.25, 0.3) is 0 Å². The number of aromatic carboxylic acids is 1. The molecule has 0 saturated heterocycles. The number of carboxylic acids is 1. The molecule has 1 heterocycles. The summed E-state index contributed by atoms with van der Waals surface area (Å²) in [5, 5.41) is 22.1. The first kappa shape index (κ1) is 26.5. The van der Waals surface area contributed by atoms with Crippen LogP contribution in [-0.2, 0) is 12.1 Å². The quantitative estimate of drug-likeness (QED) is 0.349. The summed E-state index contributed by atoms with van der Waals surface area (Å²) in [6, 6.07) is 11.6. The van der Waals surface area contributed by atoms with Gasteiger partial charge in [0.1, 0.15) is 5.15 Å². The molecule has 6 nitrogen and oxygen atoms in total. The van der Waals surface area contributed by atoms with Gasteiger partial charge in [-0.25, -0.2) is 9.78 Å². The zero-order chi connectivity index (χ0) is 26.0. The van der Waals surface area contributed by atoms with Crippen molar-refractivity contribution in [1.29, 1.82) is 0 Å². The molecule has 0 spiro atoms. The summed E-state index contributed by atoms with van der Waals surface area (Å²) in [6.45, 7) is 1.26. The number of rotatable bonds is 7. The molecule has 1 amide bonds. The van der Waals surface area contributed by atoms with Gasteiger partial charge >= 0.3 is 12.1 Å². The Morgan fingerprint density at radius 2 is 1.66 bits per heavy atom. The predicted molar refractivity (Wildman–Crippen MR) is 124 cm³/mol. The van der Waals surface area contributed by atoms with Gasteiger partial charge in [-0.3, -0.25) is 4.79 Å². The summed E-state index contributed by atoms with van der Waals surface area (Å²) in [6.07, 6.45) is -4.02. The van der Waals surface area contributed by atoms with E-state index >= 15 is 0 Å². The van der Waals surface area contributed by atoms with Gasteiger partial charge in [0.15, 0.2) is 5.60 Å². The highest BCUT2D eigenvalue weighted by molar-refractivity contribution is 6.31. The number of nitrogens with one attached hydrogen (secondary N) is 1. The van der Waals surface area contributed by atoms with E-state index in [0.717, 1.165) is 18.3 Å². The molecule has 0 fully saturated rings. The molecule has 0 radical (unpaired) electrons. The van der Waals surface area contributed by atoms with Crippen LogP contribution in [-0.4, -0.2) is 33.2 Å². The SMILES string of the molecule is CC(c1ccc(C(=O)NCc2ccc(C(=O)O)cc2)cc1Cl)C(O)(c1ccnc(Cl)c1)C(F)(F)F. The van der Waals surface area contributed by atoms with Crippen LogP contribution in [0.5, 0.6) is 0 Å². The van der Waals surface area contributed by atoms with Gasteiger partial charge in [-0.1, -0.05) is 48.3 Å². The van der Waals surface area contributed by atoms with Crippen LogP contribution in [0, 0.1) is 0 Å². The number of alkyl halides is 3. The topological polar surface area (TPSA) is 99.5 Å². The lowest BCUT2D eigenvalue weighted by Gasteiger charge is -2.37. The van der Waals surface area contributed by atoms with E-state index in [1.54, 1.807) is 12.1 Å². The average molecular weight is 527 g/mol. The number of carboxylic acid groups (broad SMARTS) is 1. The molecular formula is C24H19Cl2F3N2O4. The Kier molecular flexibility index (Phi) is 7.74. The van der Waals surface area contributed by atoms with Crippen LogP contribution < -0.4 is 5.32 Å². The van der Waals surface area contributed by atoms with E-state index in [0.29, 0.717) is 5.56 Å². The molecule has 0 bridgehead atoms. The lowest BCUT2D eigenvalue weighted by atomic mass is 9.78. The number of nitrogens with zero attached hydrogens (tertiary/aromatic N) is 1. The van der Waals surface area contributed by atoms with Crippen LogP contribution in [0.15, 0.2) is 60.8 Å². The summed E-state index contributed by atoms with van der Waals surface area (Å²) < 4.78 is 42.2. The second-order valence-corrected chi connectivity index (χ2v) is 8.57. The van der Waals surface area contributed by atoms with Crippen molar-refractivity contribution in [2.24, 2.45) is 0 Å². The summed E-state index contributed by atoms with van der Waals surface area (Å²) >= 11 is 12.0. The van der Waals surface area contributed by atoms with E-state index in [2.05, 4.69) is 10.3 Å². The van der Waals surface area contributed by atoms with Crippen molar-refractivity contribution < 1.29 is 33.0 Å². The molecule has 184 valence electrons. The van der Waals surface area contributed by atoms with Crippen LogP contribution >= 0.6 is 23.2 Å². The maximum absolute atomic E-state index is 14.1. The third kappa shape index (κ3) is 5.58. The molecule has 2 unspecified atom stereocenters. The molecule has 11 heteroatoms. The third-order valence-electron chi connectivity index (χ3n) is 5.61. The molecule has 3 N–H and O–H groups in total. The number of amides is 1. The van der Waals surface area contributed by atoms with Gasteiger partial charge in [0.25, 0.3) is 5.91 Å². The molecule has 0 aliphatic carbocycles. The Labute approximate surface area is 208 Å². The highest BCUT2D eigenvalue weighted by Gasteiger charge is 2.59. The fourth-order valence-electron chi connectivity index (χ4n) is 3.59. The van der Waals surface area contributed by atoms with Crippen molar-refractivity contribution in [2.75, 3.05) is 0 Å². The maximum Gasteiger partial charge on any atom is 0.422 e. The molecule has 0 aliphatic rings. The zero-order valence-electron chi connectivity index (χ0n) is 18.1. The molecule has 0 saturated carbocycles. The highest BCUT2D eigenvalue weighted by atomic mass is 35.5. The summed E-state index contributed by atoms with van der Waals surface area (Å²) in [4.78, 5) is 27.1. The normalized spacial score (nSPS) is 14.1. The number of halogens is 5. The Morgan fingerprint density at radius 1 is 1.03 bits per heavy atom. The van der Waals surface area contributed by atoms with Gasteiger partial charge in [0.2, 0.25) is 0 Å². The lowest BCUT2D eigenvalue weighted by molar-refractivity contribution is -0.274. The highest BCUT2D eigenvalue weighted by Crippen LogP contribution is 2.49. The molecule has 2 atom stereocenters. The Bertz CT molecular complexity index is 1250. The Hall–Kier alpha value is -3.14. The largest absolute Gasteiger partial charge is 0.478 e. The Morgan fingerprint density at radius 3 is 2.20 bits per heavy atom. The lowest BCUT2D eigenvalue weighted by Crippen LogP contribution is -2.46. The van der Waals surface area contributed by atoms with Crippen LogP contribution in [0.1, 0.15) is 50.2 Å². The minimum Gasteiger partial charge on any atom is -0.478 e. The van der Waals surface area contributed by atoms with Crippen molar-refractivity contribution >= 4 is 35.1 Å². The maximum atomic E-state index is 14.1. The van der Waals surface area contributed by atoms with E-state index in [4.69, 9.17) is 28.3 Å². The fourth-order valence-corrected chi connectivity index (χ4v) is 4.11. The van der Waals surface area contributed by atoms with Crippen LogP contribution in [0.4, 0.5) is 13.2 Å². The van der Waals surface area contributed by atoms with Gasteiger partial charge in [-0.2, -0.15) is 13.2 Å². The second-order valence-electron chi connectivity index (χ2n) is 7.77. The van der Waals surface area contributed by atoms with Crippen molar-refractivity contribution in [1.82, 2.24) is 10.3 Å². The van der Waals surface area contributed by atoms with Gasteiger partial charge in [-0.05, 0) is 53.1 Å². The standard InChI is InChI=1S/C24H19Cl2F3N2O4/c1-13(23(35,24(27,28)29)17-8-9-30-20(26)11-17)18-7-6-16(10-19(18)25)21(32)31-12-14-2-4-15(5-3-14)22(33)34/h2-11,13,35H,12H2,1H3,(H,31,32)(H,33,34). The first-order valence-electron chi connectivity index (χ1n) is 10.2. The molecule has 1 aromatic heterocycles. The van der Waals surface area contributed by atoms with Crippen molar-refractivity contribution in [2.45, 2.75) is 31.2 Å². The molecule has 3 aromatic rings. The van der Waals surface area contributed by atoms with E-state index in [1.807, 2.05) is 0 Å². The molecule has 0 aliphatic heterocycles. The van der Waals surface area contributed by atoms with Gasteiger partial charge in [0.05, 0.1) is 5.56 Å². The number of benzene rings is 2. The number of pyridine rings is 1. The number of hydrogen-bond donors (Lipinski definition) is 3. The van der Waals surface area contributed by atoms with Gasteiger partial charge in [-0.15, -0.1) is 0 Å². The smallest absolute Gasteiger partial charge is 0.422 e. The van der Waals surface area contributed by atoms with Crippen molar-refractivity contribution in [3.8, 4) is 0 Å². The van der Waals surface area contributed by atoms with Gasteiger partial charge in [0, 0.05) is 29.2 Å². The summed E-state index contributed by atoms with van der Waals surface area (Å²) in [7, 11) is 0. The van der Waals surface area contributed by atoms with Crippen molar-refractivity contribution in [3.63, 3.8) is 0 Å². The van der Waals surface area contributed by atoms with Gasteiger partial charge < -0.3 is 15.5 Å². The third-order valence-corrected chi connectivity index (χ3v) is 6.14. The fraction of sp³-hybridized carbons (Fsp3) is 0.208.